The summed E-state index contributed by atoms with van der Waals surface area (Å²) >= 11 is 1.63. The average molecular weight is 387 g/mol. The summed E-state index contributed by atoms with van der Waals surface area (Å²) in [6.07, 6.45) is 5.39. The first kappa shape index (κ1) is 18.1. The van der Waals surface area contributed by atoms with Crippen molar-refractivity contribution in [2.24, 2.45) is 0 Å². The van der Waals surface area contributed by atoms with Gasteiger partial charge in [-0.2, -0.15) is 0 Å². The lowest BCUT2D eigenvalue weighted by Gasteiger charge is -2.14. The second-order valence-corrected chi connectivity index (χ2v) is 7.80. The number of benzene rings is 1. The molecule has 1 N–H and O–H groups in total. The van der Waals surface area contributed by atoms with Crippen LogP contribution in [0.25, 0.3) is 15.9 Å². The number of nitrogens with zero attached hydrogens (tertiary/aromatic N) is 2. The van der Waals surface area contributed by atoms with Crippen molar-refractivity contribution in [3.63, 3.8) is 0 Å². The average Bonchev–Trinajstić information content (AvgIpc) is 2.85. The van der Waals surface area contributed by atoms with Crippen molar-refractivity contribution in [3.8, 4) is 5.69 Å². The molecular formula is C20H22FN3O2S. The van der Waals surface area contributed by atoms with Crippen molar-refractivity contribution >= 4 is 27.5 Å². The first-order valence-electron chi connectivity index (χ1n) is 9.25. The molecule has 0 spiro atoms. The fourth-order valence-electron chi connectivity index (χ4n) is 3.59. The highest BCUT2D eigenvalue weighted by Gasteiger charge is 2.22. The van der Waals surface area contributed by atoms with Crippen molar-refractivity contribution in [2.75, 3.05) is 25.6 Å². The molecule has 3 aromatic rings. The van der Waals surface area contributed by atoms with E-state index in [0.29, 0.717) is 24.8 Å². The van der Waals surface area contributed by atoms with E-state index in [4.69, 9.17) is 9.72 Å². The molecule has 0 radical (unpaired) electrons. The molecule has 4 rings (SSSR count). The summed E-state index contributed by atoms with van der Waals surface area (Å²) < 4.78 is 20.0. The van der Waals surface area contributed by atoms with E-state index in [9.17, 15) is 9.18 Å². The fourth-order valence-corrected chi connectivity index (χ4v) is 4.85. The Balaban J connectivity index is 1.92. The number of aromatic nitrogens is 2. The van der Waals surface area contributed by atoms with E-state index in [1.54, 1.807) is 35.1 Å². The van der Waals surface area contributed by atoms with Gasteiger partial charge in [0.1, 0.15) is 10.6 Å². The number of anilines is 1. The number of methoxy groups -OCH3 is 1. The standard InChI is InChI=1S/C20H22FN3O2S/c1-26-12-11-22-20-23-18-17(15-5-3-2-4-6-16(15)27-18)19(25)24(20)14-9-7-13(21)8-10-14/h7-10H,2-6,11-12H2,1H3,(H,22,23). The fraction of sp³-hybridized carbons (Fsp3) is 0.400. The minimum absolute atomic E-state index is 0.0917. The molecule has 0 fully saturated rings. The Morgan fingerprint density at radius 2 is 2.00 bits per heavy atom. The monoisotopic (exact) mass is 387 g/mol. The Labute approximate surface area is 160 Å². The first-order valence-corrected chi connectivity index (χ1v) is 10.1. The van der Waals surface area contributed by atoms with Crippen molar-refractivity contribution in [1.82, 2.24) is 9.55 Å². The zero-order chi connectivity index (χ0) is 18.8. The Morgan fingerprint density at radius 1 is 1.22 bits per heavy atom. The van der Waals surface area contributed by atoms with Crippen molar-refractivity contribution in [2.45, 2.75) is 32.1 Å². The largest absolute Gasteiger partial charge is 0.383 e. The Kier molecular flexibility index (Phi) is 5.22. The van der Waals surface area contributed by atoms with Gasteiger partial charge in [-0.3, -0.25) is 4.79 Å². The molecule has 5 nitrogen and oxygen atoms in total. The maximum atomic E-state index is 13.5. The quantitative estimate of drug-likeness (QED) is 0.533. The summed E-state index contributed by atoms with van der Waals surface area (Å²) in [6, 6.07) is 5.94. The van der Waals surface area contributed by atoms with E-state index in [2.05, 4.69) is 5.32 Å². The van der Waals surface area contributed by atoms with Crippen LogP contribution < -0.4 is 10.9 Å². The third kappa shape index (κ3) is 3.49. The molecule has 0 saturated carbocycles. The first-order chi connectivity index (χ1) is 13.2. The minimum Gasteiger partial charge on any atom is -0.383 e. The highest BCUT2D eigenvalue weighted by Crippen LogP contribution is 2.34. The number of ether oxygens (including phenoxy) is 1. The molecule has 142 valence electrons. The number of halogens is 1. The molecule has 0 aliphatic heterocycles. The van der Waals surface area contributed by atoms with Crippen LogP contribution >= 0.6 is 11.3 Å². The summed E-state index contributed by atoms with van der Waals surface area (Å²) in [5, 5.41) is 3.91. The van der Waals surface area contributed by atoms with Crippen LogP contribution in [0, 0.1) is 5.82 Å². The number of aryl methyl sites for hydroxylation is 2. The maximum Gasteiger partial charge on any atom is 0.268 e. The van der Waals surface area contributed by atoms with Gasteiger partial charge >= 0.3 is 0 Å². The molecule has 0 saturated heterocycles. The molecule has 0 bridgehead atoms. The zero-order valence-electron chi connectivity index (χ0n) is 15.3. The normalized spacial score (nSPS) is 14.1. The highest BCUT2D eigenvalue weighted by molar-refractivity contribution is 7.18. The van der Waals surface area contributed by atoms with Gasteiger partial charge in [-0.05, 0) is 55.5 Å². The molecule has 1 aliphatic rings. The second kappa shape index (κ2) is 7.78. The molecule has 27 heavy (non-hydrogen) atoms. The minimum atomic E-state index is -0.334. The Hall–Kier alpha value is -2.25. The van der Waals surface area contributed by atoms with Crippen LogP contribution in [0.4, 0.5) is 10.3 Å². The van der Waals surface area contributed by atoms with E-state index < -0.39 is 0 Å². The highest BCUT2D eigenvalue weighted by atomic mass is 32.1. The lowest BCUT2D eigenvalue weighted by atomic mass is 10.1. The van der Waals surface area contributed by atoms with Crippen LogP contribution in [-0.4, -0.2) is 29.8 Å². The van der Waals surface area contributed by atoms with Crippen molar-refractivity contribution < 1.29 is 9.13 Å². The molecule has 2 heterocycles. The number of fused-ring (bicyclic) bond motifs is 3. The summed E-state index contributed by atoms with van der Waals surface area (Å²) in [6.45, 7) is 1.03. The van der Waals surface area contributed by atoms with E-state index >= 15 is 0 Å². The van der Waals surface area contributed by atoms with Gasteiger partial charge in [0.05, 0.1) is 17.7 Å². The maximum absolute atomic E-state index is 13.5. The van der Waals surface area contributed by atoms with Gasteiger partial charge in [-0.1, -0.05) is 6.42 Å². The smallest absolute Gasteiger partial charge is 0.268 e. The van der Waals surface area contributed by atoms with Crippen LogP contribution in [0.15, 0.2) is 29.1 Å². The Morgan fingerprint density at radius 3 is 2.78 bits per heavy atom. The van der Waals surface area contributed by atoms with Gasteiger partial charge in [0.25, 0.3) is 5.56 Å². The topological polar surface area (TPSA) is 56.1 Å². The van der Waals surface area contributed by atoms with Gasteiger partial charge in [0.15, 0.2) is 0 Å². The summed E-state index contributed by atoms with van der Waals surface area (Å²) in [7, 11) is 1.63. The van der Waals surface area contributed by atoms with Gasteiger partial charge in [-0.25, -0.2) is 13.9 Å². The number of thiophene rings is 1. The van der Waals surface area contributed by atoms with Gasteiger partial charge in [0.2, 0.25) is 5.95 Å². The molecule has 0 unspecified atom stereocenters. The zero-order valence-corrected chi connectivity index (χ0v) is 16.1. The second-order valence-electron chi connectivity index (χ2n) is 6.72. The third-order valence-electron chi connectivity index (χ3n) is 4.91. The SMILES string of the molecule is COCCNc1nc2sc3c(c2c(=O)n1-c1ccc(F)cc1)CCCCC3. The van der Waals surface area contributed by atoms with Gasteiger partial charge in [0, 0.05) is 18.5 Å². The van der Waals surface area contributed by atoms with E-state index in [1.165, 1.54) is 23.4 Å². The molecule has 1 aliphatic carbocycles. The van der Waals surface area contributed by atoms with Crippen LogP contribution in [0.3, 0.4) is 0 Å². The number of hydrogen-bond acceptors (Lipinski definition) is 5. The van der Waals surface area contributed by atoms with E-state index in [0.717, 1.165) is 41.5 Å². The van der Waals surface area contributed by atoms with Crippen LogP contribution in [0.5, 0.6) is 0 Å². The molecule has 0 atom stereocenters. The number of rotatable bonds is 5. The van der Waals surface area contributed by atoms with E-state index in [1.807, 2.05) is 0 Å². The Bertz CT molecular complexity index is 1010. The van der Waals surface area contributed by atoms with E-state index in [-0.39, 0.29) is 11.4 Å². The number of nitrogens with one attached hydrogen (secondary N) is 1. The molecular weight excluding hydrogens is 365 g/mol. The van der Waals surface area contributed by atoms with Crippen molar-refractivity contribution in [1.29, 1.82) is 0 Å². The predicted octanol–water partition coefficient (Wildman–Crippen LogP) is 3.91. The molecule has 2 aromatic heterocycles. The lowest BCUT2D eigenvalue weighted by molar-refractivity contribution is 0.210. The van der Waals surface area contributed by atoms with Crippen molar-refractivity contribution in [3.05, 3.63) is 50.9 Å². The van der Waals surface area contributed by atoms with Crippen LogP contribution in [0.1, 0.15) is 29.7 Å². The van der Waals surface area contributed by atoms with Crippen LogP contribution in [-0.2, 0) is 17.6 Å². The third-order valence-corrected chi connectivity index (χ3v) is 6.10. The van der Waals surface area contributed by atoms with Gasteiger partial charge < -0.3 is 10.1 Å². The molecule has 7 heteroatoms. The summed E-state index contributed by atoms with van der Waals surface area (Å²) in [4.78, 5) is 20.3. The molecule has 1 aromatic carbocycles. The summed E-state index contributed by atoms with van der Waals surface area (Å²) in [5.74, 6) is 0.131. The van der Waals surface area contributed by atoms with Gasteiger partial charge in [-0.15, -0.1) is 11.3 Å². The summed E-state index contributed by atoms with van der Waals surface area (Å²) in [5.41, 5.74) is 1.67. The lowest BCUT2D eigenvalue weighted by Crippen LogP contribution is -2.25. The molecule has 0 amide bonds. The predicted molar refractivity (Wildman–Crippen MR) is 107 cm³/mol. The van der Waals surface area contributed by atoms with Crippen LogP contribution in [0.2, 0.25) is 0 Å². The number of hydrogen-bond donors (Lipinski definition) is 1.